The Bertz CT molecular complexity index is 940. The molecule has 0 aromatic heterocycles. The van der Waals surface area contributed by atoms with Crippen LogP contribution in [0.1, 0.15) is 5.56 Å². The second kappa shape index (κ2) is 10.1. The third-order valence-corrected chi connectivity index (χ3v) is 5.19. The fourth-order valence-electron chi connectivity index (χ4n) is 3.54. The monoisotopic (exact) mass is 422 g/mol. The van der Waals surface area contributed by atoms with Gasteiger partial charge in [-0.25, -0.2) is 4.79 Å². The predicted molar refractivity (Wildman–Crippen MR) is 118 cm³/mol. The summed E-state index contributed by atoms with van der Waals surface area (Å²) in [6.07, 6.45) is 4.29. The molecule has 2 aliphatic rings. The Morgan fingerprint density at radius 2 is 1.68 bits per heavy atom. The molecule has 1 fully saturated rings. The summed E-state index contributed by atoms with van der Waals surface area (Å²) in [4.78, 5) is 28.7. The van der Waals surface area contributed by atoms with Gasteiger partial charge in [0.25, 0.3) is 0 Å². The molecule has 3 amide bonds. The topological polar surface area (TPSA) is 83.1 Å². The highest BCUT2D eigenvalue weighted by atomic mass is 16.7. The Morgan fingerprint density at radius 1 is 0.935 bits per heavy atom. The lowest BCUT2D eigenvalue weighted by atomic mass is 10.2. The van der Waals surface area contributed by atoms with Crippen LogP contribution in [0.2, 0.25) is 0 Å². The van der Waals surface area contributed by atoms with Crippen molar-refractivity contribution in [1.29, 1.82) is 0 Å². The lowest BCUT2D eigenvalue weighted by Crippen LogP contribution is -2.50. The Kier molecular flexibility index (Phi) is 6.81. The van der Waals surface area contributed by atoms with Crippen molar-refractivity contribution in [2.45, 2.75) is 0 Å². The van der Waals surface area contributed by atoms with Crippen molar-refractivity contribution in [3.8, 4) is 11.5 Å². The number of hydrogen-bond donors (Lipinski definition) is 2. The van der Waals surface area contributed by atoms with Gasteiger partial charge in [0, 0.05) is 44.5 Å². The average molecular weight is 422 g/mol. The maximum absolute atomic E-state index is 12.2. The molecule has 0 spiro atoms. The van der Waals surface area contributed by atoms with Gasteiger partial charge in [-0.3, -0.25) is 19.9 Å². The normalized spacial score (nSPS) is 16.4. The molecule has 0 unspecified atom stereocenters. The van der Waals surface area contributed by atoms with Crippen LogP contribution >= 0.6 is 0 Å². The Balaban J connectivity index is 1.15. The summed E-state index contributed by atoms with van der Waals surface area (Å²) >= 11 is 0. The molecule has 0 atom stereocenters. The van der Waals surface area contributed by atoms with Gasteiger partial charge in [-0.2, -0.15) is 0 Å². The fourth-order valence-corrected chi connectivity index (χ4v) is 3.54. The van der Waals surface area contributed by atoms with Crippen molar-refractivity contribution >= 4 is 23.7 Å². The summed E-state index contributed by atoms with van der Waals surface area (Å²) in [5, 5.41) is 5.02. The number of carbonyl (C=O) groups excluding carboxylic acids is 2. The second-order valence-electron chi connectivity index (χ2n) is 7.46. The molecule has 31 heavy (non-hydrogen) atoms. The first-order chi connectivity index (χ1) is 15.2. The van der Waals surface area contributed by atoms with E-state index in [1.165, 1.54) is 5.56 Å². The van der Waals surface area contributed by atoms with Gasteiger partial charge in [0.2, 0.25) is 12.7 Å². The van der Waals surface area contributed by atoms with Crippen LogP contribution in [-0.4, -0.2) is 67.8 Å². The summed E-state index contributed by atoms with van der Waals surface area (Å²) in [6, 6.07) is 14.7. The third-order valence-electron chi connectivity index (χ3n) is 5.19. The van der Waals surface area contributed by atoms with Gasteiger partial charge in [-0.15, -0.1) is 0 Å². The molecule has 1 saturated heterocycles. The van der Waals surface area contributed by atoms with Crippen LogP contribution in [0, 0.1) is 0 Å². The van der Waals surface area contributed by atoms with Crippen LogP contribution in [0.15, 0.2) is 54.6 Å². The van der Waals surface area contributed by atoms with Crippen LogP contribution < -0.4 is 20.1 Å². The molecule has 2 aromatic rings. The summed E-state index contributed by atoms with van der Waals surface area (Å²) in [5.74, 6) is 0.882. The first kappa shape index (κ1) is 20.9. The number of benzene rings is 2. The first-order valence-corrected chi connectivity index (χ1v) is 10.3. The SMILES string of the molecule is O=C(CN1CCN(CC=Cc2ccccc2)CC1)NC(=O)Nc1ccc2c(c1)OCO2. The van der Waals surface area contributed by atoms with E-state index >= 15 is 0 Å². The fraction of sp³-hybridized carbons (Fsp3) is 0.304. The molecule has 0 aliphatic carbocycles. The van der Waals surface area contributed by atoms with Crippen LogP contribution in [0.3, 0.4) is 0 Å². The maximum atomic E-state index is 12.2. The summed E-state index contributed by atoms with van der Waals surface area (Å²) in [5.41, 5.74) is 1.73. The van der Waals surface area contributed by atoms with E-state index in [1.54, 1.807) is 18.2 Å². The average Bonchev–Trinajstić information content (AvgIpc) is 3.23. The minimum Gasteiger partial charge on any atom is -0.454 e. The minimum atomic E-state index is -0.562. The number of ether oxygens (including phenoxy) is 2. The molecular weight excluding hydrogens is 396 g/mol. The van der Waals surface area contributed by atoms with Crippen molar-refractivity contribution < 1.29 is 19.1 Å². The zero-order chi connectivity index (χ0) is 21.5. The molecule has 2 N–H and O–H groups in total. The lowest BCUT2D eigenvalue weighted by molar-refractivity contribution is -0.121. The molecule has 2 aromatic carbocycles. The quantitative estimate of drug-likeness (QED) is 0.744. The number of carbonyl (C=O) groups is 2. The van der Waals surface area contributed by atoms with Gasteiger partial charge < -0.3 is 14.8 Å². The number of hydrogen-bond acceptors (Lipinski definition) is 6. The van der Waals surface area contributed by atoms with Gasteiger partial charge >= 0.3 is 6.03 Å². The van der Waals surface area contributed by atoms with Gasteiger partial charge in [0.05, 0.1) is 6.54 Å². The maximum Gasteiger partial charge on any atom is 0.325 e. The van der Waals surface area contributed by atoms with E-state index in [-0.39, 0.29) is 19.2 Å². The molecule has 8 nitrogen and oxygen atoms in total. The van der Waals surface area contributed by atoms with E-state index in [0.29, 0.717) is 17.2 Å². The Hall–Kier alpha value is -3.36. The molecule has 2 aliphatic heterocycles. The predicted octanol–water partition coefficient (Wildman–Crippen LogP) is 2.39. The molecule has 0 bridgehead atoms. The number of piperazine rings is 1. The smallest absolute Gasteiger partial charge is 0.325 e. The van der Waals surface area contributed by atoms with E-state index in [4.69, 9.17) is 9.47 Å². The van der Waals surface area contributed by atoms with Gasteiger partial charge in [-0.05, 0) is 17.7 Å². The number of anilines is 1. The summed E-state index contributed by atoms with van der Waals surface area (Å²) < 4.78 is 10.5. The Labute approximate surface area is 181 Å². The van der Waals surface area contributed by atoms with Crippen molar-refractivity contribution in [1.82, 2.24) is 15.1 Å². The number of nitrogens with one attached hydrogen (secondary N) is 2. The van der Waals surface area contributed by atoms with Crippen molar-refractivity contribution in [2.24, 2.45) is 0 Å². The third kappa shape index (κ3) is 6.07. The number of rotatable bonds is 6. The van der Waals surface area contributed by atoms with Crippen molar-refractivity contribution in [2.75, 3.05) is 51.4 Å². The number of imide groups is 1. The number of nitrogens with zero attached hydrogens (tertiary/aromatic N) is 2. The summed E-state index contributed by atoms with van der Waals surface area (Å²) in [7, 11) is 0. The second-order valence-corrected chi connectivity index (χ2v) is 7.46. The highest BCUT2D eigenvalue weighted by Gasteiger charge is 2.19. The van der Waals surface area contributed by atoms with Gasteiger partial charge in [0.1, 0.15) is 0 Å². The zero-order valence-corrected chi connectivity index (χ0v) is 17.3. The first-order valence-electron chi connectivity index (χ1n) is 10.3. The number of fused-ring (bicyclic) bond motifs is 1. The van der Waals surface area contributed by atoms with E-state index in [2.05, 4.69) is 44.7 Å². The zero-order valence-electron chi connectivity index (χ0n) is 17.3. The number of urea groups is 1. The molecule has 0 saturated carbocycles. The van der Waals surface area contributed by atoms with Crippen molar-refractivity contribution in [3.05, 3.63) is 60.2 Å². The lowest BCUT2D eigenvalue weighted by Gasteiger charge is -2.33. The van der Waals surface area contributed by atoms with Crippen LogP contribution in [0.4, 0.5) is 10.5 Å². The Morgan fingerprint density at radius 3 is 2.48 bits per heavy atom. The van der Waals surface area contributed by atoms with E-state index in [0.717, 1.165) is 32.7 Å². The van der Waals surface area contributed by atoms with E-state index in [1.807, 2.05) is 18.2 Å². The van der Waals surface area contributed by atoms with E-state index < -0.39 is 6.03 Å². The largest absolute Gasteiger partial charge is 0.454 e. The number of amides is 3. The van der Waals surface area contributed by atoms with E-state index in [9.17, 15) is 9.59 Å². The van der Waals surface area contributed by atoms with Crippen LogP contribution in [-0.2, 0) is 4.79 Å². The van der Waals surface area contributed by atoms with Crippen molar-refractivity contribution in [3.63, 3.8) is 0 Å². The van der Waals surface area contributed by atoms with Gasteiger partial charge in [0.15, 0.2) is 11.5 Å². The van der Waals surface area contributed by atoms with Gasteiger partial charge in [-0.1, -0.05) is 42.5 Å². The highest BCUT2D eigenvalue weighted by molar-refractivity contribution is 6.01. The highest BCUT2D eigenvalue weighted by Crippen LogP contribution is 2.34. The molecule has 2 heterocycles. The molecular formula is C23H26N4O4. The summed E-state index contributed by atoms with van der Waals surface area (Å²) in [6.45, 7) is 4.59. The minimum absolute atomic E-state index is 0.167. The molecule has 8 heteroatoms. The molecule has 0 radical (unpaired) electrons. The molecule has 162 valence electrons. The standard InChI is InChI=1S/C23H26N4O4/c28-22(25-23(29)24-19-8-9-20-21(15-19)31-17-30-20)16-27-13-11-26(12-14-27)10-4-7-18-5-2-1-3-6-18/h1-9,15H,10-14,16-17H2,(H2,24,25,28,29). The van der Waals surface area contributed by atoms with Crippen LogP contribution in [0.25, 0.3) is 6.08 Å². The van der Waals surface area contributed by atoms with Crippen LogP contribution in [0.5, 0.6) is 11.5 Å². The molecule has 4 rings (SSSR count).